The fourth-order valence-electron chi connectivity index (χ4n) is 0.841. The second-order valence-electron chi connectivity index (χ2n) is 2.22. The number of aromatic amines is 1. The van der Waals surface area contributed by atoms with E-state index >= 15 is 0 Å². The molecule has 2 aromatic rings. The van der Waals surface area contributed by atoms with Crippen LogP contribution in [0.15, 0.2) is 24.7 Å². The van der Waals surface area contributed by atoms with Crippen molar-refractivity contribution in [2.24, 2.45) is 0 Å². The van der Waals surface area contributed by atoms with Crippen LogP contribution in [-0.2, 0) is 0 Å². The molecule has 4 heteroatoms. The van der Waals surface area contributed by atoms with Crippen molar-refractivity contribution in [3.05, 3.63) is 35.4 Å². The summed E-state index contributed by atoms with van der Waals surface area (Å²) in [5, 5.41) is 0. The lowest BCUT2D eigenvalue weighted by Gasteiger charge is -1.81. The molecule has 2 heterocycles. The summed E-state index contributed by atoms with van der Waals surface area (Å²) in [6.45, 7) is 0. The van der Waals surface area contributed by atoms with Gasteiger partial charge in [-0.25, -0.2) is 9.36 Å². The maximum Gasteiger partial charge on any atom is 0.129 e. The highest BCUT2D eigenvalue weighted by Crippen LogP contribution is 2.08. The van der Waals surface area contributed by atoms with Gasteiger partial charge in [-0.1, -0.05) is 0 Å². The first-order valence-corrected chi connectivity index (χ1v) is 4.30. The molecule has 2 rings (SSSR count). The van der Waals surface area contributed by atoms with E-state index in [1.807, 2.05) is 18.2 Å². The maximum atomic E-state index is 4.06. The molecule has 12 heavy (non-hydrogen) atoms. The fraction of sp³-hybridized carbons (Fsp3) is 0. The molecule has 0 aliphatic rings. The van der Waals surface area contributed by atoms with Gasteiger partial charge in [0, 0.05) is 23.5 Å². The molecule has 0 aliphatic heterocycles. The summed E-state index contributed by atoms with van der Waals surface area (Å²) in [5.74, 6) is 0.864. The van der Waals surface area contributed by atoms with Gasteiger partial charge in [-0.05, 0) is 29.8 Å². The second kappa shape index (κ2) is 3.32. The van der Waals surface area contributed by atoms with E-state index in [1.165, 1.54) is 11.5 Å². The van der Waals surface area contributed by atoms with E-state index in [1.54, 1.807) is 18.6 Å². The van der Waals surface area contributed by atoms with Crippen LogP contribution in [0.2, 0.25) is 0 Å². The normalized spacial score (nSPS) is 11.0. The topological polar surface area (TPSA) is 41.6 Å². The average molecular weight is 177 g/mol. The Balaban J connectivity index is 2.14. The number of aromatic nitrogens is 3. The third-order valence-electron chi connectivity index (χ3n) is 1.38. The molecule has 0 aromatic carbocycles. The number of hydrogen-bond acceptors (Lipinski definition) is 3. The van der Waals surface area contributed by atoms with Gasteiger partial charge < -0.3 is 4.98 Å². The monoisotopic (exact) mass is 177 g/mol. The molecular formula is C8H7N3S. The van der Waals surface area contributed by atoms with Gasteiger partial charge in [-0.15, -0.1) is 0 Å². The van der Waals surface area contributed by atoms with Gasteiger partial charge in [-0.2, -0.15) is 0 Å². The standard InChI is InChI=1S/C8H7N3S/c1(7-3-4-11-12-7)2-8-9-5-6-10-8/h1-6H,(H,9,10). The van der Waals surface area contributed by atoms with Crippen LogP contribution in [0.4, 0.5) is 0 Å². The van der Waals surface area contributed by atoms with E-state index in [4.69, 9.17) is 0 Å². The predicted molar refractivity (Wildman–Crippen MR) is 49.6 cm³/mol. The Labute approximate surface area is 74.0 Å². The Morgan fingerprint density at radius 1 is 1.33 bits per heavy atom. The molecule has 0 atom stereocenters. The molecule has 0 spiro atoms. The number of H-pyrrole nitrogens is 1. The smallest absolute Gasteiger partial charge is 0.129 e. The average Bonchev–Trinajstić information content (AvgIpc) is 2.74. The van der Waals surface area contributed by atoms with Crippen LogP contribution >= 0.6 is 11.5 Å². The van der Waals surface area contributed by atoms with Gasteiger partial charge in [0.25, 0.3) is 0 Å². The number of hydrogen-bond donors (Lipinski definition) is 1. The largest absolute Gasteiger partial charge is 0.345 e. The summed E-state index contributed by atoms with van der Waals surface area (Å²) in [4.78, 5) is 8.17. The van der Waals surface area contributed by atoms with Crippen LogP contribution in [0.3, 0.4) is 0 Å². The van der Waals surface area contributed by atoms with Gasteiger partial charge in [-0.3, -0.25) is 0 Å². The van der Waals surface area contributed by atoms with Crippen LogP contribution in [0.5, 0.6) is 0 Å². The van der Waals surface area contributed by atoms with Gasteiger partial charge >= 0.3 is 0 Å². The summed E-state index contributed by atoms with van der Waals surface area (Å²) in [7, 11) is 0. The molecule has 0 unspecified atom stereocenters. The lowest BCUT2D eigenvalue weighted by Crippen LogP contribution is -1.71. The molecule has 60 valence electrons. The molecule has 0 radical (unpaired) electrons. The highest BCUT2D eigenvalue weighted by atomic mass is 32.1. The zero-order valence-corrected chi connectivity index (χ0v) is 7.08. The van der Waals surface area contributed by atoms with Crippen LogP contribution in [0.25, 0.3) is 12.2 Å². The maximum absolute atomic E-state index is 4.06. The van der Waals surface area contributed by atoms with Gasteiger partial charge in [0.15, 0.2) is 0 Å². The molecule has 0 fully saturated rings. The van der Waals surface area contributed by atoms with Crippen molar-refractivity contribution in [2.75, 3.05) is 0 Å². The van der Waals surface area contributed by atoms with Crippen molar-refractivity contribution in [1.82, 2.24) is 14.3 Å². The molecule has 0 saturated carbocycles. The Hall–Kier alpha value is -1.42. The van der Waals surface area contributed by atoms with E-state index in [0.717, 1.165) is 10.7 Å². The van der Waals surface area contributed by atoms with Crippen molar-refractivity contribution in [3.63, 3.8) is 0 Å². The molecule has 0 amide bonds. The van der Waals surface area contributed by atoms with Gasteiger partial charge in [0.05, 0.1) is 0 Å². The van der Waals surface area contributed by atoms with E-state index in [2.05, 4.69) is 14.3 Å². The fourth-order valence-corrected chi connectivity index (χ4v) is 1.34. The predicted octanol–water partition coefficient (Wildman–Crippen LogP) is 2.04. The Morgan fingerprint density at radius 2 is 2.33 bits per heavy atom. The number of rotatable bonds is 2. The molecule has 0 aliphatic carbocycles. The highest BCUT2D eigenvalue weighted by Gasteiger charge is 1.88. The zero-order valence-electron chi connectivity index (χ0n) is 6.27. The summed E-state index contributed by atoms with van der Waals surface area (Å²) < 4.78 is 3.98. The minimum Gasteiger partial charge on any atom is -0.345 e. The Kier molecular flexibility index (Phi) is 2.00. The lowest BCUT2D eigenvalue weighted by atomic mass is 10.4. The quantitative estimate of drug-likeness (QED) is 0.762. The van der Waals surface area contributed by atoms with Crippen molar-refractivity contribution in [2.45, 2.75) is 0 Å². The molecule has 2 aromatic heterocycles. The molecular weight excluding hydrogens is 170 g/mol. The summed E-state index contributed by atoms with van der Waals surface area (Å²) in [6.07, 6.45) is 9.22. The number of imidazole rings is 1. The van der Waals surface area contributed by atoms with E-state index in [0.29, 0.717) is 0 Å². The van der Waals surface area contributed by atoms with Gasteiger partial charge in [0.1, 0.15) is 5.82 Å². The minimum atomic E-state index is 0.864. The number of nitrogens with one attached hydrogen (secondary N) is 1. The number of nitrogens with zero attached hydrogens (tertiary/aromatic N) is 2. The van der Waals surface area contributed by atoms with Crippen molar-refractivity contribution in [1.29, 1.82) is 0 Å². The van der Waals surface area contributed by atoms with E-state index in [9.17, 15) is 0 Å². The third-order valence-corrected chi connectivity index (χ3v) is 2.09. The third kappa shape index (κ3) is 1.60. The minimum absolute atomic E-state index is 0.864. The summed E-state index contributed by atoms with van der Waals surface area (Å²) in [5.41, 5.74) is 0. The molecule has 0 saturated heterocycles. The highest BCUT2D eigenvalue weighted by molar-refractivity contribution is 7.06. The van der Waals surface area contributed by atoms with Crippen LogP contribution < -0.4 is 0 Å². The summed E-state index contributed by atoms with van der Waals surface area (Å²) in [6, 6.07) is 1.96. The van der Waals surface area contributed by atoms with Crippen molar-refractivity contribution >= 4 is 23.7 Å². The first kappa shape index (κ1) is 7.24. The molecule has 1 N–H and O–H groups in total. The SMILES string of the molecule is C(=Cc1ccns1)c1ncc[nH]1. The van der Waals surface area contributed by atoms with Crippen molar-refractivity contribution in [3.8, 4) is 0 Å². The summed E-state index contributed by atoms with van der Waals surface area (Å²) >= 11 is 1.47. The van der Waals surface area contributed by atoms with Crippen LogP contribution in [0, 0.1) is 0 Å². The van der Waals surface area contributed by atoms with E-state index in [-0.39, 0.29) is 0 Å². The zero-order chi connectivity index (χ0) is 8.23. The van der Waals surface area contributed by atoms with Crippen LogP contribution in [0.1, 0.15) is 10.7 Å². The van der Waals surface area contributed by atoms with Crippen molar-refractivity contribution < 1.29 is 0 Å². The Bertz CT molecular complexity index is 311. The molecule has 3 nitrogen and oxygen atoms in total. The lowest BCUT2D eigenvalue weighted by molar-refractivity contribution is 1.27. The molecule has 0 bridgehead atoms. The van der Waals surface area contributed by atoms with Gasteiger partial charge in [0.2, 0.25) is 0 Å². The van der Waals surface area contributed by atoms with E-state index < -0.39 is 0 Å². The van der Waals surface area contributed by atoms with Crippen LogP contribution in [-0.4, -0.2) is 14.3 Å². The first-order chi connectivity index (χ1) is 5.95. The Morgan fingerprint density at radius 3 is 3.00 bits per heavy atom. The first-order valence-electron chi connectivity index (χ1n) is 3.53. The second-order valence-corrected chi connectivity index (χ2v) is 3.09.